The van der Waals surface area contributed by atoms with Gasteiger partial charge in [0.15, 0.2) is 0 Å². The first kappa shape index (κ1) is 21.0. The maximum Gasteiger partial charge on any atom is 0.310 e. The Balaban J connectivity index is 2.77. The van der Waals surface area contributed by atoms with Gasteiger partial charge in [-0.05, 0) is 37.5 Å². The molecule has 4 unspecified atom stereocenters. The Bertz CT molecular complexity index is 400. The minimum absolute atomic E-state index is 0.110. The quantitative estimate of drug-likeness (QED) is 0.693. The molecule has 0 radical (unpaired) electrons. The largest absolute Gasteiger partial charge is 0.462 e. The first-order chi connectivity index (χ1) is 10.8. The van der Waals surface area contributed by atoms with Crippen molar-refractivity contribution >= 4 is 11.9 Å². The van der Waals surface area contributed by atoms with Crippen LogP contribution in [0.3, 0.4) is 0 Å². The van der Waals surface area contributed by atoms with E-state index < -0.39 is 0 Å². The van der Waals surface area contributed by atoms with E-state index in [1.807, 2.05) is 55.4 Å². The van der Waals surface area contributed by atoms with Gasteiger partial charge in [0.05, 0.1) is 11.8 Å². The summed E-state index contributed by atoms with van der Waals surface area (Å²) < 4.78 is 11.3. The van der Waals surface area contributed by atoms with Crippen LogP contribution >= 0.6 is 0 Å². The Labute approximate surface area is 147 Å². The lowest BCUT2D eigenvalue weighted by atomic mass is 9.79. The molecule has 140 valence electrons. The number of carbonyl (C=O) groups excluding carboxylic acids is 2. The van der Waals surface area contributed by atoms with E-state index >= 15 is 0 Å². The summed E-state index contributed by atoms with van der Waals surface area (Å²) in [5.74, 6) is -1.24. The van der Waals surface area contributed by atoms with Crippen molar-refractivity contribution in [2.45, 2.75) is 93.3 Å². The first-order valence-corrected chi connectivity index (χ1v) is 9.25. The maximum atomic E-state index is 12.6. The SMILES string of the molecule is CC(OC(=O)C1CCCCC1C(=O)OC(C)C(C)(C)C)C(C)(C)C. The van der Waals surface area contributed by atoms with Gasteiger partial charge in [-0.25, -0.2) is 0 Å². The maximum absolute atomic E-state index is 12.6. The second-order valence-electron chi connectivity index (χ2n) is 9.39. The fraction of sp³-hybridized carbons (Fsp3) is 0.900. The molecule has 4 nitrogen and oxygen atoms in total. The van der Waals surface area contributed by atoms with Crippen LogP contribution in [0.25, 0.3) is 0 Å². The summed E-state index contributed by atoms with van der Waals surface area (Å²) >= 11 is 0. The van der Waals surface area contributed by atoms with Crippen LogP contribution in [0.2, 0.25) is 0 Å². The average molecular weight is 341 g/mol. The standard InChI is InChI=1S/C20H36O4/c1-13(19(3,4)5)23-17(21)15-11-9-10-12-16(15)18(22)24-14(2)20(6,7)8/h13-16H,9-12H2,1-8H3. The zero-order chi connectivity index (χ0) is 18.7. The topological polar surface area (TPSA) is 52.6 Å². The monoisotopic (exact) mass is 340 g/mol. The summed E-state index contributed by atoms with van der Waals surface area (Å²) in [5, 5.41) is 0. The highest BCUT2D eigenvalue weighted by Gasteiger charge is 2.40. The molecule has 24 heavy (non-hydrogen) atoms. The number of esters is 2. The molecule has 0 saturated heterocycles. The third-order valence-corrected chi connectivity index (χ3v) is 5.40. The smallest absolute Gasteiger partial charge is 0.310 e. The molecule has 0 heterocycles. The lowest BCUT2D eigenvalue weighted by Crippen LogP contribution is -2.40. The molecule has 0 aromatic carbocycles. The lowest BCUT2D eigenvalue weighted by Gasteiger charge is -2.34. The Morgan fingerprint density at radius 3 is 1.29 bits per heavy atom. The Morgan fingerprint density at radius 1 is 0.750 bits per heavy atom. The van der Waals surface area contributed by atoms with Crippen molar-refractivity contribution in [3.05, 3.63) is 0 Å². The minimum atomic E-state index is -0.372. The fourth-order valence-electron chi connectivity index (χ4n) is 2.57. The van der Waals surface area contributed by atoms with Crippen LogP contribution in [0.1, 0.15) is 81.1 Å². The molecule has 0 spiro atoms. The van der Waals surface area contributed by atoms with Crippen molar-refractivity contribution in [2.24, 2.45) is 22.7 Å². The number of hydrogen-bond acceptors (Lipinski definition) is 4. The normalized spacial score (nSPS) is 24.8. The number of hydrogen-bond donors (Lipinski definition) is 0. The predicted molar refractivity (Wildman–Crippen MR) is 95.5 cm³/mol. The predicted octanol–water partition coefficient (Wildman–Crippen LogP) is 4.75. The molecule has 0 aromatic heterocycles. The molecule has 1 aliphatic rings. The van der Waals surface area contributed by atoms with Crippen molar-refractivity contribution < 1.29 is 19.1 Å². The van der Waals surface area contributed by atoms with Gasteiger partial charge in [-0.2, -0.15) is 0 Å². The highest BCUT2D eigenvalue weighted by atomic mass is 16.6. The van der Waals surface area contributed by atoms with Gasteiger partial charge in [-0.3, -0.25) is 9.59 Å². The van der Waals surface area contributed by atoms with E-state index in [-0.39, 0.29) is 46.8 Å². The van der Waals surface area contributed by atoms with Crippen LogP contribution in [0, 0.1) is 22.7 Å². The summed E-state index contributed by atoms with van der Waals surface area (Å²) in [6.07, 6.45) is 2.97. The van der Waals surface area contributed by atoms with E-state index in [1.165, 1.54) is 0 Å². The van der Waals surface area contributed by atoms with Crippen molar-refractivity contribution in [1.29, 1.82) is 0 Å². The molecule has 0 aliphatic heterocycles. The number of ether oxygens (including phenoxy) is 2. The molecule has 1 saturated carbocycles. The van der Waals surface area contributed by atoms with E-state index in [9.17, 15) is 9.59 Å². The third kappa shape index (κ3) is 5.78. The molecule has 0 amide bonds. The van der Waals surface area contributed by atoms with Crippen LogP contribution < -0.4 is 0 Å². The van der Waals surface area contributed by atoms with Crippen molar-refractivity contribution in [3.8, 4) is 0 Å². The molecular formula is C20H36O4. The summed E-state index contributed by atoms with van der Waals surface area (Å²) in [5.41, 5.74) is -0.220. The zero-order valence-electron chi connectivity index (χ0n) is 16.8. The molecule has 1 fully saturated rings. The van der Waals surface area contributed by atoms with E-state index in [4.69, 9.17) is 9.47 Å². The van der Waals surface area contributed by atoms with Crippen LogP contribution in [-0.2, 0) is 19.1 Å². The van der Waals surface area contributed by atoms with E-state index in [0.717, 1.165) is 12.8 Å². The van der Waals surface area contributed by atoms with Gasteiger partial charge in [0.2, 0.25) is 0 Å². The number of carbonyl (C=O) groups is 2. The van der Waals surface area contributed by atoms with Crippen LogP contribution in [0.15, 0.2) is 0 Å². The van der Waals surface area contributed by atoms with Gasteiger partial charge in [-0.1, -0.05) is 54.4 Å². The zero-order valence-corrected chi connectivity index (χ0v) is 16.8. The highest BCUT2D eigenvalue weighted by Crippen LogP contribution is 2.34. The highest BCUT2D eigenvalue weighted by molar-refractivity contribution is 5.82. The van der Waals surface area contributed by atoms with E-state index in [2.05, 4.69) is 0 Å². The van der Waals surface area contributed by atoms with Gasteiger partial charge in [0.1, 0.15) is 12.2 Å². The first-order valence-electron chi connectivity index (χ1n) is 9.25. The van der Waals surface area contributed by atoms with Crippen LogP contribution in [-0.4, -0.2) is 24.1 Å². The molecular weight excluding hydrogens is 304 g/mol. The molecule has 0 N–H and O–H groups in total. The van der Waals surface area contributed by atoms with E-state index in [1.54, 1.807) is 0 Å². The number of rotatable bonds is 4. The van der Waals surface area contributed by atoms with Crippen molar-refractivity contribution in [3.63, 3.8) is 0 Å². The third-order valence-electron chi connectivity index (χ3n) is 5.40. The average Bonchev–Trinajstić information content (AvgIpc) is 2.45. The Hall–Kier alpha value is -1.06. The minimum Gasteiger partial charge on any atom is -0.462 e. The second-order valence-corrected chi connectivity index (χ2v) is 9.39. The lowest BCUT2D eigenvalue weighted by molar-refractivity contribution is -0.173. The van der Waals surface area contributed by atoms with Gasteiger partial charge in [0, 0.05) is 0 Å². The Kier molecular flexibility index (Phi) is 6.89. The van der Waals surface area contributed by atoms with Gasteiger partial charge in [-0.15, -0.1) is 0 Å². The van der Waals surface area contributed by atoms with Crippen molar-refractivity contribution in [2.75, 3.05) is 0 Å². The molecule has 1 aliphatic carbocycles. The molecule has 0 bridgehead atoms. The fourth-order valence-corrected chi connectivity index (χ4v) is 2.57. The summed E-state index contributed by atoms with van der Waals surface area (Å²) in [6.45, 7) is 16.1. The molecule has 0 aromatic rings. The second kappa shape index (κ2) is 7.88. The molecule has 4 heteroatoms. The summed E-state index contributed by atoms with van der Waals surface area (Å²) in [6, 6.07) is 0. The van der Waals surface area contributed by atoms with E-state index in [0.29, 0.717) is 12.8 Å². The molecule has 4 atom stereocenters. The van der Waals surface area contributed by atoms with Crippen LogP contribution in [0.4, 0.5) is 0 Å². The molecule has 1 rings (SSSR count). The van der Waals surface area contributed by atoms with Crippen molar-refractivity contribution in [1.82, 2.24) is 0 Å². The van der Waals surface area contributed by atoms with Gasteiger partial charge >= 0.3 is 11.9 Å². The van der Waals surface area contributed by atoms with Crippen LogP contribution in [0.5, 0.6) is 0 Å². The summed E-state index contributed by atoms with van der Waals surface area (Å²) in [4.78, 5) is 25.2. The van der Waals surface area contributed by atoms with Gasteiger partial charge in [0.25, 0.3) is 0 Å². The van der Waals surface area contributed by atoms with Gasteiger partial charge < -0.3 is 9.47 Å². The summed E-state index contributed by atoms with van der Waals surface area (Å²) in [7, 11) is 0. The Morgan fingerprint density at radius 2 is 1.04 bits per heavy atom.